The molecule has 1 unspecified atom stereocenters. The van der Waals surface area contributed by atoms with E-state index in [4.69, 9.17) is 28.9 Å². The maximum atomic E-state index is 12.4. The van der Waals surface area contributed by atoms with Gasteiger partial charge in [0, 0.05) is 21.2 Å². The molecule has 2 aromatic rings. The van der Waals surface area contributed by atoms with Crippen LogP contribution < -0.4 is 11.1 Å². The van der Waals surface area contributed by atoms with Crippen molar-refractivity contribution in [2.45, 2.75) is 24.0 Å². The number of primary amides is 1. The first-order chi connectivity index (χ1) is 11.3. The minimum atomic E-state index is -0.531. The fraction of sp³-hybridized carbons (Fsp3) is 0.176. The average molecular weight is 383 g/mol. The lowest BCUT2D eigenvalue weighted by Crippen LogP contribution is -2.23. The minimum absolute atomic E-state index is 0.208. The van der Waals surface area contributed by atoms with Crippen LogP contribution in [-0.2, 0) is 4.79 Å². The Kier molecular flexibility index (Phi) is 6.15. The monoisotopic (exact) mass is 382 g/mol. The number of hydrogen-bond acceptors (Lipinski definition) is 3. The Balaban J connectivity index is 2.14. The first-order valence-electron chi connectivity index (χ1n) is 7.11. The molecule has 2 rings (SSSR count). The summed E-state index contributed by atoms with van der Waals surface area (Å²) < 4.78 is 0. The molecule has 1 atom stereocenters. The summed E-state index contributed by atoms with van der Waals surface area (Å²) >= 11 is 13.4. The van der Waals surface area contributed by atoms with E-state index in [-0.39, 0.29) is 5.91 Å². The SMILES string of the molecule is Cc1c(NC(=O)C(C)Sc2cc(Cl)ccc2Cl)cccc1C(N)=O. The van der Waals surface area contributed by atoms with Gasteiger partial charge in [0.2, 0.25) is 11.8 Å². The van der Waals surface area contributed by atoms with E-state index in [0.29, 0.717) is 26.9 Å². The maximum absolute atomic E-state index is 12.4. The largest absolute Gasteiger partial charge is 0.366 e. The van der Waals surface area contributed by atoms with Gasteiger partial charge in [-0.2, -0.15) is 0 Å². The molecule has 0 saturated carbocycles. The third-order valence-electron chi connectivity index (χ3n) is 3.42. The molecule has 0 heterocycles. The molecule has 2 aromatic carbocycles. The number of nitrogens with one attached hydrogen (secondary N) is 1. The van der Waals surface area contributed by atoms with Gasteiger partial charge in [-0.1, -0.05) is 29.3 Å². The third kappa shape index (κ3) is 4.44. The van der Waals surface area contributed by atoms with Crippen LogP contribution in [0.1, 0.15) is 22.8 Å². The van der Waals surface area contributed by atoms with Crippen molar-refractivity contribution in [2.24, 2.45) is 5.73 Å². The molecule has 0 aliphatic carbocycles. The topological polar surface area (TPSA) is 72.2 Å². The number of amides is 2. The van der Waals surface area contributed by atoms with Crippen molar-refractivity contribution in [1.82, 2.24) is 0 Å². The summed E-state index contributed by atoms with van der Waals surface area (Å²) in [7, 11) is 0. The normalized spacial score (nSPS) is 11.8. The molecule has 126 valence electrons. The van der Waals surface area contributed by atoms with E-state index in [2.05, 4.69) is 5.32 Å². The van der Waals surface area contributed by atoms with Crippen molar-refractivity contribution < 1.29 is 9.59 Å². The van der Waals surface area contributed by atoms with E-state index in [1.165, 1.54) is 11.8 Å². The van der Waals surface area contributed by atoms with Gasteiger partial charge in [-0.15, -0.1) is 11.8 Å². The van der Waals surface area contributed by atoms with Gasteiger partial charge in [0.25, 0.3) is 0 Å². The van der Waals surface area contributed by atoms with Crippen molar-refractivity contribution in [2.75, 3.05) is 5.32 Å². The van der Waals surface area contributed by atoms with Crippen molar-refractivity contribution >= 4 is 52.5 Å². The van der Waals surface area contributed by atoms with Gasteiger partial charge in [0.15, 0.2) is 0 Å². The predicted octanol–water partition coefficient (Wildman–Crippen LogP) is 4.52. The maximum Gasteiger partial charge on any atom is 0.249 e. The number of thioether (sulfide) groups is 1. The van der Waals surface area contributed by atoms with Crippen LogP contribution in [0.4, 0.5) is 5.69 Å². The number of carbonyl (C=O) groups excluding carboxylic acids is 2. The summed E-state index contributed by atoms with van der Waals surface area (Å²) in [5, 5.41) is 3.50. The highest BCUT2D eigenvalue weighted by Gasteiger charge is 2.18. The molecule has 0 saturated heterocycles. The number of hydrogen-bond donors (Lipinski definition) is 2. The lowest BCUT2D eigenvalue weighted by molar-refractivity contribution is -0.115. The average Bonchev–Trinajstić information content (AvgIpc) is 2.52. The van der Waals surface area contributed by atoms with E-state index in [1.54, 1.807) is 50.2 Å². The summed E-state index contributed by atoms with van der Waals surface area (Å²) in [6.45, 7) is 3.51. The first kappa shape index (κ1) is 18.6. The van der Waals surface area contributed by atoms with Gasteiger partial charge < -0.3 is 11.1 Å². The molecule has 0 aromatic heterocycles. The van der Waals surface area contributed by atoms with Crippen molar-refractivity contribution in [3.63, 3.8) is 0 Å². The van der Waals surface area contributed by atoms with E-state index in [1.807, 2.05) is 0 Å². The fourth-order valence-electron chi connectivity index (χ4n) is 2.08. The van der Waals surface area contributed by atoms with Gasteiger partial charge in [-0.25, -0.2) is 0 Å². The van der Waals surface area contributed by atoms with Crippen molar-refractivity contribution in [3.05, 3.63) is 57.6 Å². The summed E-state index contributed by atoms with van der Waals surface area (Å²) in [4.78, 5) is 24.5. The number of halogens is 2. The standard InChI is InChI=1S/C17H16Cl2N2O2S/c1-9-12(16(20)22)4-3-5-14(9)21-17(23)10(2)24-15-8-11(18)6-7-13(15)19/h3-8,10H,1-2H3,(H2,20,22)(H,21,23). The molecule has 4 nitrogen and oxygen atoms in total. The Morgan fingerprint density at radius 3 is 2.58 bits per heavy atom. The van der Waals surface area contributed by atoms with Crippen molar-refractivity contribution in [1.29, 1.82) is 0 Å². The zero-order valence-electron chi connectivity index (χ0n) is 13.1. The summed E-state index contributed by atoms with van der Waals surface area (Å²) in [6.07, 6.45) is 0. The molecular weight excluding hydrogens is 367 g/mol. The summed E-state index contributed by atoms with van der Waals surface area (Å²) in [6, 6.07) is 10.1. The lowest BCUT2D eigenvalue weighted by atomic mass is 10.1. The van der Waals surface area contributed by atoms with E-state index < -0.39 is 11.2 Å². The number of carbonyl (C=O) groups is 2. The second-order valence-corrected chi connectivity index (χ2v) is 7.39. The van der Waals surface area contributed by atoms with Crippen LogP contribution in [0.25, 0.3) is 0 Å². The quantitative estimate of drug-likeness (QED) is 0.746. The molecule has 0 bridgehead atoms. The molecule has 24 heavy (non-hydrogen) atoms. The molecular formula is C17H16Cl2N2O2S. The second-order valence-electron chi connectivity index (χ2n) is 5.17. The smallest absolute Gasteiger partial charge is 0.249 e. The van der Waals surface area contributed by atoms with Crippen LogP contribution in [0.3, 0.4) is 0 Å². The van der Waals surface area contributed by atoms with Crippen LogP contribution in [0.5, 0.6) is 0 Å². The van der Waals surface area contributed by atoms with Crippen molar-refractivity contribution in [3.8, 4) is 0 Å². The zero-order chi connectivity index (χ0) is 17.9. The number of rotatable bonds is 5. The molecule has 0 spiro atoms. The van der Waals surface area contributed by atoms with Gasteiger partial charge >= 0.3 is 0 Å². The predicted molar refractivity (Wildman–Crippen MR) is 100 cm³/mol. The minimum Gasteiger partial charge on any atom is -0.366 e. The number of anilines is 1. The van der Waals surface area contributed by atoms with Crippen LogP contribution in [-0.4, -0.2) is 17.1 Å². The Bertz CT molecular complexity index is 796. The Hall–Kier alpha value is -1.69. The lowest BCUT2D eigenvalue weighted by Gasteiger charge is -2.15. The van der Waals surface area contributed by atoms with Crippen LogP contribution in [0, 0.1) is 6.92 Å². The highest BCUT2D eigenvalue weighted by Crippen LogP contribution is 2.33. The highest BCUT2D eigenvalue weighted by molar-refractivity contribution is 8.00. The second kappa shape index (κ2) is 7.92. The Labute approximate surface area is 154 Å². The molecule has 3 N–H and O–H groups in total. The molecule has 0 aliphatic heterocycles. The van der Waals surface area contributed by atoms with Gasteiger partial charge in [0.1, 0.15) is 0 Å². The van der Waals surface area contributed by atoms with Crippen LogP contribution in [0.2, 0.25) is 10.0 Å². The van der Waals surface area contributed by atoms with Gasteiger partial charge in [-0.3, -0.25) is 9.59 Å². The highest BCUT2D eigenvalue weighted by atomic mass is 35.5. The molecule has 2 amide bonds. The number of benzene rings is 2. The van der Waals surface area contributed by atoms with E-state index in [9.17, 15) is 9.59 Å². The summed E-state index contributed by atoms with van der Waals surface area (Å²) in [5.74, 6) is -0.738. The Morgan fingerprint density at radius 2 is 1.92 bits per heavy atom. The first-order valence-corrected chi connectivity index (χ1v) is 8.75. The zero-order valence-corrected chi connectivity index (χ0v) is 15.4. The molecule has 0 aliphatic rings. The fourth-order valence-corrected chi connectivity index (χ4v) is 3.49. The number of nitrogens with two attached hydrogens (primary N) is 1. The third-order valence-corrected chi connectivity index (χ3v) is 5.26. The van der Waals surface area contributed by atoms with E-state index >= 15 is 0 Å². The van der Waals surface area contributed by atoms with Crippen LogP contribution >= 0.6 is 35.0 Å². The molecule has 0 fully saturated rings. The van der Waals surface area contributed by atoms with Crippen LogP contribution in [0.15, 0.2) is 41.3 Å². The van der Waals surface area contributed by atoms with E-state index in [0.717, 1.165) is 4.90 Å². The Morgan fingerprint density at radius 1 is 1.21 bits per heavy atom. The van der Waals surface area contributed by atoms with Gasteiger partial charge in [0.05, 0.1) is 10.3 Å². The molecule has 0 radical (unpaired) electrons. The molecule has 7 heteroatoms. The summed E-state index contributed by atoms with van der Waals surface area (Å²) in [5.41, 5.74) is 6.90. The van der Waals surface area contributed by atoms with Gasteiger partial charge in [-0.05, 0) is 49.7 Å².